The number of rotatable bonds is 8. The first-order valence-corrected chi connectivity index (χ1v) is 10.7. The first kappa shape index (κ1) is 20.4. The van der Waals surface area contributed by atoms with Crippen LogP contribution in [-0.4, -0.2) is 27.3 Å². The third kappa shape index (κ3) is 4.93. The molecule has 0 saturated carbocycles. The largest absolute Gasteiger partial charge is 0.355 e. The number of para-hydroxylation sites is 1. The average Bonchev–Trinajstić information content (AvgIpc) is 2.71. The Kier molecular flexibility index (Phi) is 7.09. The van der Waals surface area contributed by atoms with E-state index in [0.29, 0.717) is 29.1 Å². The minimum atomic E-state index is -0.343. The topological polar surface area (TPSA) is 64.0 Å². The predicted molar refractivity (Wildman–Crippen MR) is 116 cm³/mol. The highest BCUT2D eigenvalue weighted by molar-refractivity contribution is 8.00. The van der Waals surface area contributed by atoms with E-state index in [1.54, 1.807) is 16.7 Å². The summed E-state index contributed by atoms with van der Waals surface area (Å²) >= 11 is 1.31. The van der Waals surface area contributed by atoms with Gasteiger partial charge < -0.3 is 5.32 Å². The van der Waals surface area contributed by atoms with Gasteiger partial charge in [-0.25, -0.2) is 4.98 Å². The number of amides is 1. The van der Waals surface area contributed by atoms with Crippen molar-refractivity contribution >= 4 is 28.6 Å². The average molecular weight is 398 g/mol. The minimum Gasteiger partial charge on any atom is -0.355 e. The van der Waals surface area contributed by atoms with E-state index < -0.39 is 0 Å². The maximum Gasteiger partial charge on any atom is 0.262 e. The van der Waals surface area contributed by atoms with Gasteiger partial charge in [-0.1, -0.05) is 41.6 Å². The molecule has 6 heteroatoms. The summed E-state index contributed by atoms with van der Waals surface area (Å²) in [6.07, 6.45) is 9.72. The zero-order valence-corrected chi connectivity index (χ0v) is 17.1. The van der Waals surface area contributed by atoms with Gasteiger partial charge in [-0.05, 0) is 51.2 Å². The summed E-state index contributed by atoms with van der Waals surface area (Å²) in [5.74, 6) is -0.0334. The molecule has 0 radical (unpaired) electrons. The Morgan fingerprint density at radius 3 is 2.96 bits per heavy atom. The number of benzene rings is 1. The Hall–Kier alpha value is -2.34. The number of nitrogens with one attached hydrogen (secondary N) is 1. The molecule has 0 fully saturated rings. The van der Waals surface area contributed by atoms with Gasteiger partial charge in [0.15, 0.2) is 5.16 Å². The van der Waals surface area contributed by atoms with E-state index in [4.69, 9.17) is 0 Å². The van der Waals surface area contributed by atoms with Crippen molar-refractivity contribution in [1.82, 2.24) is 14.9 Å². The van der Waals surface area contributed by atoms with Crippen LogP contribution in [0.5, 0.6) is 0 Å². The summed E-state index contributed by atoms with van der Waals surface area (Å²) in [4.78, 5) is 29.9. The van der Waals surface area contributed by atoms with Crippen molar-refractivity contribution in [2.45, 2.75) is 56.0 Å². The summed E-state index contributed by atoms with van der Waals surface area (Å²) in [5.41, 5.74) is 1.99. The molecule has 0 aliphatic heterocycles. The van der Waals surface area contributed by atoms with E-state index >= 15 is 0 Å². The quantitative estimate of drug-likeness (QED) is 0.414. The van der Waals surface area contributed by atoms with Crippen LogP contribution in [0.15, 0.2) is 58.5 Å². The number of carbonyl (C=O) groups excluding carboxylic acids is 1. The normalized spacial score (nSPS) is 15.1. The van der Waals surface area contributed by atoms with Gasteiger partial charge in [0, 0.05) is 13.1 Å². The molecule has 1 heterocycles. The zero-order valence-electron chi connectivity index (χ0n) is 16.3. The van der Waals surface area contributed by atoms with Crippen molar-refractivity contribution in [1.29, 1.82) is 0 Å². The molecule has 1 aliphatic rings. The van der Waals surface area contributed by atoms with Crippen LogP contribution in [0.2, 0.25) is 0 Å². The summed E-state index contributed by atoms with van der Waals surface area (Å²) in [7, 11) is 0. The highest BCUT2D eigenvalue weighted by Gasteiger charge is 2.19. The number of hydrogen-bond acceptors (Lipinski definition) is 4. The number of aromatic nitrogens is 2. The van der Waals surface area contributed by atoms with Crippen molar-refractivity contribution < 1.29 is 4.79 Å². The molecule has 0 saturated heterocycles. The van der Waals surface area contributed by atoms with Crippen molar-refractivity contribution in [2.75, 3.05) is 6.54 Å². The van der Waals surface area contributed by atoms with Crippen LogP contribution in [-0.2, 0) is 11.3 Å². The number of thioether (sulfide) groups is 1. The van der Waals surface area contributed by atoms with Crippen LogP contribution in [0, 0.1) is 0 Å². The highest BCUT2D eigenvalue weighted by Crippen LogP contribution is 2.23. The Balaban J connectivity index is 1.69. The molecule has 1 aromatic carbocycles. The monoisotopic (exact) mass is 397 g/mol. The number of hydrogen-bond donors (Lipinski definition) is 1. The van der Waals surface area contributed by atoms with Gasteiger partial charge >= 0.3 is 0 Å². The molecule has 5 nitrogen and oxygen atoms in total. The molecule has 0 bridgehead atoms. The van der Waals surface area contributed by atoms with E-state index in [0.717, 1.165) is 19.3 Å². The molecule has 1 N–H and O–H groups in total. The van der Waals surface area contributed by atoms with Crippen LogP contribution in [0.3, 0.4) is 0 Å². The number of allylic oxidation sites excluding steroid dienone is 2. The lowest BCUT2D eigenvalue weighted by molar-refractivity contribution is -0.120. The number of fused-ring (bicyclic) bond motifs is 1. The Morgan fingerprint density at radius 2 is 2.21 bits per heavy atom. The van der Waals surface area contributed by atoms with Gasteiger partial charge in [-0.15, -0.1) is 6.58 Å². The first-order valence-electron chi connectivity index (χ1n) is 9.83. The fourth-order valence-electron chi connectivity index (χ4n) is 3.36. The summed E-state index contributed by atoms with van der Waals surface area (Å²) in [6.45, 7) is 6.60. The highest BCUT2D eigenvalue weighted by atomic mass is 32.2. The van der Waals surface area contributed by atoms with Crippen molar-refractivity contribution in [3.63, 3.8) is 0 Å². The van der Waals surface area contributed by atoms with E-state index in [-0.39, 0.29) is 16.7 Å². The summed E-state index contributed by atoms with van der Waals surface area (Å²) in [6, 6.07) is 7.28. The second-order valence-corrected chi connectivity index (χ2v) is 8.33. The van der Waals surface area contributed by atoms with Crippen molar-refractivity contribution in [2.24, 2.45) is 0 Å². The molecule has 148 valence electrons. The zero-order chi connectivity index (χ0) is 19.9. The SMILES string of the molecule is C=CCn1c(S[C@@H](C)C(=O)NCCC2=CCCCC2)nc2ccccc2c1=O. The van der Waals surface area contributed by atoms with E-state index in [9.17, 15) is 9.59 Å². The maximum atomic E-state index is 12.8. The number of carbonyl (C=O) groups is 1. The molecule has 28 heavy (non-hydrogen) atoms. The molecule has 1 aliphatic carbocycles. The fourth-order valence-corrected chi connectivity index (χ4v) is 4.30. The standard InChI is InChI=1S/C22H27N3O2S/c1-3-15-25-21(27)18-11-7-8-12-19(18)24-22(25)28-16(2)20(26)23-14-13-17-9-5-4-6-10-17/h3,7-9,11-12,16H,1,4-6,10,13-15H2,2H3,(H,23,26)/t16-/m0/s1. The van der Waals surface area contributed by atoms with Crippen molar-refractivity contribution in [3.8, 4) is 0 Å². The molecule has 1 amide bonds. The molecule has 1 atom stereocenters. The van der Waals surface area contributed by atoms with Crippen LogP contribution >= 0.6 is 11.8 Å². The molecule has 2 aromatic rings. The third-order valence-electron chi connectivity index (χ3n) is 4.92. The van der Waals surface area contributed by atoms with Gasteiger partial charge in [0.2, 0.25) is 5.91 Å². The second-order valence-electron chi connectivity index (χ2n) is 7.03. The van der Waals surface area contributed by atoms with Gasteiger partial charge in [0.05, 0.1) is 16.2 Å². The molecule has 3 rings (SSSR count). The van der Waals surface area contributed by atoms with Crippen LogP contribution in [0.25, 0.3) is 10.9 Å². The molecule has 0 unspecified atom stereocenters. The minimum absolute atomic E-state index is 0.0334. The van der Waals surface area contributed by atoms with Gasteiger partial charge in [0.25, 0.3) is 5.56 Å². The van der Waals surface area contributed by atoms with Gasteiger partial charge in [0.1, 0.15) is 0 Å². The predicted octanol–water partition coefficient (Wildman–Crippen LogP) is 4.07. The molecule has 1 aromatic heterocycles. The lowest BCUT2D eigenvalue weighted by atomic mass is 9.97. The third-order valence-corrected chi connectivity index (χ3v) is 6.01. The van der Waals surface area contributed by atoms with E-state index in [1.807, 2.05) is 25.1 Å². The van der Waals surface area contributed by atoms with Gasteiger partial charge in [-0.2, -0.15) is 0 Å². The summed E-state index contributed by atoms with van der Waals surface area (Å²) < 4.78 is 1.58. The molecule has 0 spiro atoms. The van der Waals surface area contributed by atoms with Gasteiger partial charge in [-0.3, -0.25) is 14.2 Å². The Morgan fingerprint density at radius 1 is 1.39 bits per heavy atom. The smallest absolute Gasteiger partial charge is 0.262 e. The summed E-state index contributed by atoms with van der Waals surface area (Å²) in [5, 5.41) is 3.79. The number of nitrogens with zero attached hydrogens (tertiary/aromatic N) is 2. The van der Waals surface area contributed by atoms with Crippen LogP contribution in [0.4, 0.5) is 0 Å². The lowest BCUT2D eigenvalue weighted by Gasteiger charge is -2.16. The Labute approximate surface area is 169 Å². The van der Waals surface area contributed by atoms with Crippen LogP contribution < -0.4 is 10.9 Å². The van der Waals surface area contributed by atoms with E-state index in [1.165, 1.54) is 30.2 Å². The molecular formula is C22H27N3O2S. The Bertz CT molecular complexity index is 948. The van der Waals surface area contributed by atoms with E-state index in [2.05, 4.69) is 23.0 Å². The van der Waals surface area contributed by atoms with Crippen molar-refractivity contribution in [3.05, 3.63) is 58.9 Å². The fraction of sp³-hybridized carbons (Fsp3) is 0.409. The lowest BCUT2D eigenvalue weighted by Crippen LogP contribution is -2.33. The maximum absolute atomic E-state index is 12.8. The molecular weight excluding hydrogens is 370 g/mol. The van der Waals surface area contributed by atoms with Crippen LogP contribution in [0.1, 0.15) is 39.0 Å². The second kappa shape index (κ2) is 9.73. The first-order chi connectivity index (χ1) is 13.6.